The largest absolute Gasteiger partial charge is 0.460 e. The molecule has 6 nitrogen and oxygen atoms in total. The molecule has 0 saturated heterocycles. The highest BCUT2D eigenvalue weighted by Gasteiger charge is 2.10. The average Bonchev–Trinajstić information content (AvgIpc) is 2.98. The Morgan fingerprint density at radius 2 is 1.74 bits per heavy atom. The first-order valence-corrected chi connectivity index (χ1v) is 10.3. The van der Waals surface area contributed by atoms with Gasteiger partial charge in [-0.1, -0.05) is 25.1 Å². The zero-order valence-corrected chi connectivity index (χ0v) is 15.8. The van der Waals surface area contributed by atoms with Crippen LogP contribution in [-0.4, -0.2) is 20.6 Å². The van der Waals surface area contributed by atoms with E-state index >= 15 is 0 Å². The van der Waals surface area contributed by atoms with Gasteiger partial charge in [0.25, 0.3) is 0 Å². The number of carbonyl (C=O) groups excluding carboxylic acids is 1. The van der Waals surface area contributed by atoms with Crippen LogP contribution in [0.15, 0.2) is 59.0 Å². The second-order valence-corrected chi connectivity index (χ2v) is 7.81. The molecule has 0 radical (unpaired) electrons. The number of nitrogens with one attached hydrogen (secondary N) is 2. The second-order valence-electron chi connectivity index (χ2n) is 6.06. The zero-order chi connectivity index (χ0) is 19.4. The maximum Gasteiger partial charge on any atom is 0.248 e. The molecule has 27 heavy (non-hydrogen) atoms. The Labute approximate surface area is 157 Å². The number of carbonyl (C=O) groups is 1. The van der Waals surface area contributed by atoms with E-state index in [0.717, 1.165) is 35.0 Å². The van der Waals surface area contributed by atoms with Crippen LogP contribution in [-0.2, 0) is 21.2 Å². The fraction of sp³-hybridized carbons (Fsp3) is 0.150. The van der Waals surface area contributed by atoms with Crippen molar-refractivity contribution in [1.82, 2.24) is 0 Å². The van der Waals surface area contributed by atoms with Gasteiger partial charge in [-0.2, -0.15) is 0 Å². The molecule has 140 valence electrons. The zero-order valence-electron chi connectivity index (χ0n) is 15.0. The van der Waals surface area contributed by atoms with E-state index in [1.54, 1.807) is 30.3 Å². The van der Waals surface area contributed by atoms with E-state index in [-0.39, 0.29) is 5.91 Å². The lowest BCUT2D eigenvalue weighted by molar-refractivity contribution is -0.111. The number of hydrogen-bond donors (Lipinski definition) is 2. The Morgan fingerprint density at radius 1 is 1.07 bits per heavy atom. The van der Waals surface area contributed by atoms with Gasteiger partial charge in [-0.25, -0.2) is 8.42 Å². The molecular weight excluding hydrogens is 364 g/mol. The van der Waals surface area contributed by atoms with E-state index in [1.165, 1.54) is 6.08 Å². The summed E-state index contributed by atoms with van der Waals surface area (Å²) in [5.41, 5.74) is 2.69. The third-order valence-corrected chi connectivity index (χ3v) is 4.50. The van der Waals surface area contributed by atoms with Gasteiger partial charge >= 0.3 is 0 Å². The van der Waals surface area contributed by atoms with Crippen LogP contribution in [0.3, 0.4) is 0 Å². The molecule has 0 saturated carbocycles. The standard InChI is InChI=1S/C20H20N2O4S/c1-3-18-17(16-6-4-5-7-19(16)26-18)12-13-20(23)21-14-8-10-15(11-9-14)22-27(2,24)25/h4-13,22H,3H2,1-2H3,(H,21,23)/b13-12+. The van der Waals surface area contributed by atoms with E-state index in [9.17, 15) is 13.2 Å². The first-order valence-electron chi connectivity index (χ1n) is 8.43. The number of sulfonamides is 1. The van der Waals surface area contributed by atoms with E-state index in [1.807, 2.05) is 31.2 Å². The predicted octanol–water partition coefficient (Wildman–Crippen LogP) is 4.02. The van der Waals surface area contributed by atoms with Crippen LogP contribution in [0.1, 0.15) is 18.2 Å². The van der Waals surface area contributed by atoms with Crippen LogP contribution in [0.25, 0.3) is 17.0 Å². The van der Waals surface area contributed by atoms with Crippen molar-refractivity contribution in [3.05, 3.63) is 65.9 Å². The summed E-state index contributed by atoms with van der Waals surface area (Å²) in [4.78, 5) is 12.2. The molecule has 0 fully saturated rings. The first-order chi connectivity index (χ1) is 12.9. The molecule has 0 aliphatic rings. The summed E-state index contributed by atoms with van der Waals surface area (Å²) in [5.74, 6) is 0.544. The lowest BCUT2D eigenvalue weighted by Crippen LogP contribution is -2.10. The highest BCUT2D eigenvalue weighted by atomic mass is 32.2. The third-order valence-electron chi connectivity index (χ3n) is 3.89. The minimum atomic E-state index is -3.33. The van der Waals surface area contributed by atoms with E-state index in [4.69, 9.17) is 4.42 Å². The molecule has 3 aromatic rings. The fourth-order valence-corrected chi connectivity index (χ4v) is 3.30. The van der Waals surface area contributed by atoms with Crippen molar-refractivity contribution in [2.75, 3.05) is 16.3 Å². The van der Waals surface area contributed by atoms with Gasteiger partial charge in [-0.05, 0) is 36.4 Å². The quantitative estimate of drug-likeness (QED) is 0.628. The number of hydrogen-bond acceptors (Lipinski definition) is 4. The highest BCUT2D eigenvalue weighted by Crippen LogP contribution is 2.27. The van der Waals surface area contributed by atoms with Crippen molar-refractivity contribution < 1.29 is 17.6 Å². The number of para-hydroxylation sites is 1. The van der Waals surface area contributed by atoms with Crippen LogP contribution < -0.4 is 10.0 Å². The maximum atomic E-state index is 12.2. The molecule has 0 aliphatic carbocycles. The molecule has 1 amide bonds. The van der Waals surface area contributed by atoms with Gasteiger partial charge in [0.1, 0.15) is 11.3 Å². The Balaban J connectivity index is 1.73. The molecule has 3 rings (SSSR count). The van der Waals surface area contributed by atoms with Crippen LogP contribution in [0.5, 0.6) is 0 Å². The maximum absolute atomic E-state index is 12.2. The number of aryl methyl sites for hydroxylation is 1. The number of furan rings is 1. The van der Waals surface area contributed by atoms with Crippen molar-refractivity contribution in [3.8, 4) is 0 Å². The molecular formula is C20H20N2O4S. The summed E-state index contributed by atoms with van der Waals surface area (Å²) < 4.78 is 30.6. The van der Waals surface area contributed by atoms with Crippen molar-refractivity contribution in [3.63, 3.8) is 0 Å². The summed E-state index contributed by atoms with van der Waals surface area (Å²) in [6.07, 6.45) is 5.01. The average molecular weight is 384 g/mol. The van der Waals surface area contributed by atoms with Gasteiger partial charge < -0.3 is 9.73 Å². The summed E-state index contributed by atoms with van der Waals surface area (Å²) >= 11 is 0. The SMILES string of the molecule is CCc1oc2ccccc2c1/C=C/C(=O)Nc1ccc(NS(C)(=O)=O)cc1. The van der Waals surface area contributed by atoms with Gasteiger partial charge in [-0.3, -0.25) is 9.52 Å². The summed E-state index contributed by atoms with van der Waals surface area (Å²) in [7, 11) is -3.33. The van der Waals surface area contributed by atoms with Gasteiger partial charge in [-0.15, -0.1) is 0 Å². The molecule has 2 aromatic carbocycles. The van der Waals surface area contributed by atoms with Crippen LogP contribution >= 0.6 is 0 Å². The monoisotopic (exact) mass is 384 g/mol. The first kappa shape index (κ1) is 18.7. The number of anilines is 2. The minimum Gasteiger partial charge on any atom is -0.460 e. The fourth-order valence-electron chi connectivity index (χ4n) is 2.74. The Hall–Kier alpha value is -3.06. The van der Waals surface area contributed by atoms with E-state index in [0.29, 0.717) is 11.4 Å². The second kappa shape index (κ2) is 7.67. The molecule has 1 heterocycles. The van der Waals surface area contributed by atoms with Crippen LogP contribution in [0, 0.1) is 0 Å². The third kappa shape index (κ3) is 4.77. The summed E-state index contributed by atoms with van der Waals surface area (Å²) in [6.45, 7) is 2.00. The normalized spacial score (nSPS) is 11.8. The molecule has 0 bridgehead atoms. The predicted molar refractivity (Wildman–Crippen MR) is 108 cm³/mol. The number of amides is 1. The number of fused-ring (bicyclic) bond motifs is 1. The van der Waals surface area contributed by atoms with Crippen LogP contribution in [0.4, 0.5) is 11.4 Å². The van der Waals surface area contributed by atoms with Crippen molar-refractivity contribution in [2.45, 2.75) is 13.3 Å². The summed E-state index contributed by atoms with van der Waals surface area (Å²) in [5, 5.41) is 3.71. The smallest absolute Gasteiger partial charge is 0.248 e. The van der Waals surface area contributed by atoms with Crippen molar-refractivity contribution in [1.29, 1.82) is 0 Å². The minimum absolute atomic E-state index is 0.286. The Kier molecular flexibility index (Phi) is 5.32. The van der Waals surface area contributed by atoms with Gasteiger partial charge in [0.2, 0.25) is 15.9 Å². The van der Waals surface area contributed by atoms with Gasteiger partial charge in [0.15, 0.2) is 0 Å². The Morgan fingerprint density at radius 3 is 2.41 bits per heavy atom. The van der Waals surface area contributed by atoms with Crippen molar-refractivity contribution >= 4 is 44.4 Å². The molecule has 0 atom stereocenters. The lowest BCUT2D eigenvalue weighted by atomic mass is 10.1. The molecule has 1 aromatic heterocycles. The van der Waals surface area contributed by atoms with Gasteiger partial charge in [0.05, 0.1) is 6.26 Å². The Bertz CT molecular complexity index is 1100. The molecule has 2 N–H and O–H groups in total. The topological polar surface area (TPSA) is 88.4 Å². The molecule has 7 heteroatoms. The molecule has 0 spiro atoms. The van der Waals surface area contributed by atoms with E-state index in [2.05, 4.69) is 10.0 Å². The summed E-state index contributed by atoms with van der Waals surface area (Å²) in [6, 6.07) is 14.1. The lowest BCUT2D eigenvalue weighted by Gasteiger charge is -2.06. The van der Waals surface area contributed by atoms with Crippen molar-refractivity contribution in [2.24, 2.45) is 0 Å². The van der Waals surface area contributed by atoms with E-state index < -0.39 is 10.0 Å². The number of rotatable bonds is 6. The number of benzene rings is 2. The molecule has 0 aliphatic heterocycles. The van der Waals surface area contributed by atoms with Gasteiger partial charge in [0, 0.05) is 34.8 Å². The van der Waals surface area contributed by atoms with Crippen LogP contribution in [0.2, 0.25) is 0 Å². The molecule has 0 unspecified atom stereocenters. The highest BCUT2D eigenvalue weighted by molar-refractivity contribution is 7.92.